The van der Waals surface area contributed by atoms with Crippen LogP contribution < -0.4 is 5.32 Å². The zero-order valence-electron chi connectivity index (χ0n) is 7.18. The number of rotatable bonds is 0. The van der Waals surface area contributed by atoms with Crippen LogP contribution in [0, 0.1) is 0 Å². The van der Waals surface area contributed by atoms with E-state index in [-0.39, 0.29) is 0 Å². The predicted octanol–water partition coefficient (Wildman–Crippen LogP) is 0.241. The fraction of sp³-hybridized carbons (Fsp3) is 1.00. The molecule has 10 heavy (non-hydrogen) atoms. The number of aliphatic hydroxyl groups is 1. The summed E-state index contributed by atoms with van der Waals surface area (Å²) in [6, 6.07) is 0. The monoisotopic (exact) mass is 149 g/mol. The normalized spacial score (nSPS) is 15.6. The molecular weight excluding hydrogens is 130 g/mol. The Balaban J connectivity index is 0. The SMILES string of the molecule is C1COCCN1.CC.CO. The number of morpholine rings is 1. The van der Waals surface area contributed by atoms with Gasteiger partial charge in [-0.25, -0.2) is 0 Å². The van der Waals surface area contributed by atoms with Crippen LogP contribution in [-0.2, 0) is 4.74 Å². The van der Waals surface area contributed by atoms with Gasteiger partial charge in [0.05, 0.1) is 13.2 Å². The van der Waals surface area contributed by atoms with Crippen molar-refractivity contribution in [3.05, 3.63) is 0 Å². The molecule has 0 amide bonds. The third-order valence-corrected chi connectivity index (χ3v) is 0.846. The first-order valence-corrected chi connectivity index (χ1v) is 3.73. The van der Waals surface area contributed by atoms with Crippen molar-refractivity contribution in [3.8, 4) is 0 Å². The van der Waals surface area contributed by atoms with Gasteiger partial charge >= 0.3 is 0 Å². The Morgan fingerprint density at radius 1 is 1.10 bits per heavy atom. The molecule has 0 aromatic rings. The van der Waals surface area contributed by atoms with Gasteiger partial charge in [-0.15, -0.1) is 0 Å². The Hall–Kier alpha value is -0.120. The van der Waals surface area contributed by atoms with Crippen molar-refractivity contribution in [2.75, 3.05) is 33.4 Å². The molecule has 1 saturated heterocycles. The molecule has 0 aromatic heterocycles. The molecule has 0 spiro atoms. The second-order valence-electron chi connectivity index (χ2n) is 1.36. The van der Waals surface area contributed by atoms with Crippen LogP contribution in [0.4, 0.5) is 0 Å². The fourth-order valence-electron chi connectivity index (χ4n) is 0.516. The minimum atomic E-state index is 0.889. The van der Waals surface area contributed by atoms with Gasteiger partial charge in [-0.1, -0.05) is 13.8 Å². The van der Waals surface area contributed by atoms with E-state index in [0.29, 0.717) is 0 Å². The summed E-state index contributed by atoms with van der Waals surface area (Å²) in [5, 5.41) is 10.2. The minimum absolute atomic E-state index is 0.889. The lowest BCUT2D eigenvalue weighted by molar-refractivity contribution is 0.109. The van der Waals surface area contributed by atoms with E-state index in [1.165, 1.54) is 0 Å². The second-order valence-corrected chi connectivity index (χ2v) is 1.36. The highest BCUT2D eigenvalue weighted by Crippen LogP contribution is 1.76. The predicted molar refractivity (Wildman–Crippen MR) is 43.2 cm³/mol. The molecular formula is C7H19NO2. The lowest BCUT2D eigenvalue weighted by Crippen LogP contribution is -2.30. The number of nitrogens with one attached hydrogen (secondary N) is 1. The van der Waals surface area contributed by atoms with Gasteiger partial charge in [0.2, 0.25) is 0 Å². The first-order valence-electron chi connectivity index (χ1n) is 3.73. The first kappa shape index (κ1) is 12.5. The summed E-state index contributed by atoms with van der Waals surface area (Å²) < 4.78 is 5.01. The summed E-state index contributed by atoms with van der Waals surface area (Å²) in [6.45, 7) is 7.83. The Bertz CT molecular complexity index is 27.1. The van der Waals surface area contributed by atoms with Crippen LogP contribution in [0.15, 0.2) is 0 Å². The van der Waals surface area contributed by atoms with E-state index in [4.69, 9.17) is 9.84 Å². The standard InChI is InChI=1S/C4H9NO.C2H6.CH4O/c1-3-6-4-2-5-1;2*1-2/h5H,1-4H2;1-2H3;2H,1H3. The number of aliphatic hydroxyl groups excluding tert-OH is 1. The highest BCUT2D eigenvalue weighted by molar-refractivity contribution is 4.49. The van der Waals surface area contributed by atoms with E-state index < -0.39 is 0 Å². The van der Waals surface area contributed by atoms with E-state index in [2.05, 4.69) is 5.32 Å². The third-order valence-electron chi connectivity index (χ3n) is 0.846. The van der Waals surface area contributed by atoms with Gasteiger partial charge in [-0.3, -0.25) is 0 Å². The van der Waals surface area contributed by atoms with Crippen molar-refractivity contribution < 1.29 is 9.84 Å². The molecule has 3 heteroatoms. The van der Waals surface area contributed by atoms with Crippen LogP contribution in [0.25, 0.3) is 0 Å². The smallest absolute Gasteiger partial charge is 0.0591 e. The molecule has 0 atom stereocenters. The van der Waals surface area contributed by atoms with Gasteiger partial charge < -0.3 is 15.2 Å². The number of ether oxygens (including phenoxy) is 1. The molecule has 1 aliphatic heterocycles. The van der Waals surface area contributed by atoms with Gasteiger partial charge in [-0.2, -0.15) is 0 Å². The molecule has 0 radical (unpaired) electrons. The number of hydrogen-bond acceptors (Lipinski definition) is 3. The van der Waals surface area contributed by atoms with Crippen LogP contribution in [0.2, 0.25) is 0 Å². The molecule has 0 saturated carbocycles. The van der Waals surface area contributed by atoms with Crippen LogP contribution in [-0.4, -0.2) is 38.5 Å². The van der Waals surface area contributed by atoms with E-state index in [1.807, 2.05) is 13.8 Å². The maximum atomic E-state index is 7.00. The molecule has 0 unspecified atom stereocenters. The highest BCUT2D eigenvalue weighted by atomic mass is 16.5. The minimum Gasteiger partial charge on any atom is -0.400 e. The third kappa shape index (κ3) is 10.8. The van der Waals surface area contributed by atoms with Crippen molar-refractivity contribution in [2.24, 2.45) is 0 Å². The van der Waals surface area contributed by atoms with Gasteiger partial charge in [0, 0.05) is 20.2 Å². The molecule has 1 rings (SSSR count). The molecule has 1 aliphatic rings. The average molecular weight is 149 g/mol. The van der Waals surface area contributed by atoms with Gasteiger partial charge in [-0.05, 0) is 0 Å². The Morgan fingerprint density at radius 3 is 1.60 bits per heavy atom. The van der Waals surface area contributed by atoms with Crippen molar-refractivity contribution in [1.82, 2.24) is 5.32 Å². The average Bonchev–Trinajstić information content (AvgIpc) is 2.14. The zero-order valence-corrected chi connectivity index (χ0v) is 7.18. The second kappa shape index (κ2) is 15.9. The molecule has 2 N–H and O–H groups in total. The summed E-state index contributed by atoms with van der Waals surface area (Å²) in [5.74, 6) is 0. The summed E-state index contributed by atoms with van der Waals surface area (Å²) in [7, 11) is 1.00. The Morgan fingerprint density at radius 2 is 1.50 bits per heavy atom. The van der Waals surface area contributed by atoms with Crippen LogP contribution >= 0.6 is 0 Å². The molecule has 64 valence electrons. The van der Waals surface area contributed by atoms with Gasteiger partial charge in [0.25, 0.3) is 0 Å². The van der Waals surface area contributed by atoms with E-state index >= 15 is 0 Å². The molecule has 3 nitrogen and oxygen atoms in total. The topological polar surface area (TPSA) is 41.5 Å². The van der Waals surface area contributed by atoms with Crippen molar-refractivity contribution in [3.63, 3.8) is 0 Å². The van der Waals surface area contributed by atoms with Gasteiger partial charge in [0.15, 0.2) is 0 Å². The fourth-order valence-corrected chi connectivity index (χ4v) is 0.516. The molecule has 1 fully saturated rings. The summed E-state index contributed by atoms with van der Waals surface area (Å²) in [6.07, 6.45) is 0. The lowest BCUT2D eigenvalue weighted by atomic mass is 10.5. The van der Waals surface area contributed by atoms with E-state index in [9.17, 15) is 0 Å². The highest BCUT2D eigenvalue weighted by Gasteiger charge is 1.92. The van der Waals surface area contributed by atoms with Crippen molar-refractivity contribution >= 4 is 0 Å². The zero-order chi connectivity index (χ0) is 8.24. The van der Waals surface area contributed by atoms with Crippen molar-refractivity contribution in [1.29, 1.82) is 0 Å². The largest absolute Gasteiger partial charge is 0.400 e. The maximum Gasteiger partial charge on any atom is 0.0591 e. The summed E-state index contributed by atoms with van der Waals surface area (Å²) in [5.41, 5.74) is 0. The molecule has 0 aromatic carbocycles. The number of hydrogen-bond donors (Lipinski definition) is 2. The Kier molecular flexibility index (Phi) is 20.0. The van der Waals surface area contributed by atoms with Crippen molar-refractivity contribution in [2.45, 2.75) is 13.8 Å². The summed E-state index contributed by atoms with van der Waals surface area (Å²) in [4.78, 5) is 0. The van der Waals surface area contributed by atoms with Crippen LogP contribution in [0.3, 0.4) is 0 Å². The molecule has 0 aliphatic carbocycles. The summed E-state index contributed by atoms with van der Waals surface area (Å²) >= 11 is 0. The first-order chi connectivity index (χ1) is 5.00. The molecule has 0 bridgehead atoms. The molecule has 1 heterocycles. The lowest BCUT2D eigenvalue weighted by Gasteiger charge is -2.10. The van der Waals surface area contributed by atoms with E-state index in [0.717, 1.165) is 33.4 Å². The van der Waals surface area contributed by atoms with Crippen LogP contribution in [0.5, 0.6) is 0 Å². The van der Waals surface area contributed by atoms with Crippen LogP contribution in [0.1, 0.15) is 13.8 Å². The Labute approximate surface area is 63.4 Å². The quantitative estimate of drug-likeness (QED) is 0.518. The van der Waals surface area contributed by atoms with Gasteiger partial charge in [0.1, 0.15) is 0 Å². The van der Waals surface area contributed by atoms with E-state index in [1.54, 1.807) is 0 Å². The maximum absolute atomic E-state index is 7.00.